The zero-order valence-electron chi connectivity index (χ0n) is 41.0. The summed E-state index contributed by atoms with van der Waals surface area (Å²) in [6.45, 7) is 21.6. The Morgan fingerprint density at radius 2 is 0.639 bits per heavy atom. The van der Waals surface area contributed by atoms with Crippen LogP contribution in [-0.4, -0.2) is 5.11 Å². The molecule has 0 amide bonds. The minimum absolute atomic E-state index is 0.0686. The van der Waals surface area contributed by atoms with Crippen molar-refractivity contribution in [1.82, 2.24) is 0 Å². The average molecular weight is 827 g/mol. The van der Waals surface area contributed by atoms with Gasteiger partial charge in [0.2, 0.25) is 0 Å². The van der Waals surface area contributed by atoms with Gasteiger partial charge in [-0.2, -0.15) is 0 Å². The van der Waals surface area contributed by atoms with E-state index in [4.69, 9.17) is 0 Å². The lowest BCUT2D eigenvalue weighted by Crippen LogP contribution is -2.29. The molecular weight excluding hydrogens is 737 g/mol. The molecule has 4 aromatic carbocycles. The predicted molar refractivity (Wildman–Crippen MR) is 269 cm³/mol. The van der Waals surface area contributed by atoms with E-state index in [1.54, 1.807) is 0 Å². The van der Waals surface area contributed by atoms with E-state index in [0.717, 1.165) is 44.1 Å². The third-order valence-corrected chi connectivity index (χ3v) is 14.0. The molecule has 336 valence electrons. The Labute approximate surface area is 377 Å². The van der Waals surface area contributed by atoms with Crippen molar-refractivity contribution in [3.8, 4) is 5.75 Å². The molecule has 0 aliphatic rings. The van der Waals surface area contributed by atoms with Gasteiger partial charge in [-0.3, -0.25) is 0 Å². The summed E-state index contributed by atoms with van der Waals surface area (Å²) in [5.41, 5.74) is 12.4. The maximum Gasteiger partial charge on any atom is 0.119 e. The summed E-state index contributed by atoms with van der Waals surface area (Å²) >= 11 is 0. The van der Waals surface area contributed by atoms with Crippen LogP contribution in [0.1, 0.15) is 228 Å². The lowest BCUT2D eigenvalue weighted by molar-refractivity contribution is 0.438. The summed E-state index contributed by atoms with van der Waals surface area (Å²) in [5, 5.41) is 12.1. The highest BCUT2D eigenvalue weighted by Crippen LogP contribution is 2.42. The minimum atomic E-state index is -0.150. The highest BCUT2D eigenvalue weighted by atomic mass is 16.3. The van der Waals surface area contributed by atoms with Crippen molar-refractivity contribution in [2.75, 3.05) is 0 Å². The number of hydrogen-bond donors (Lipinski definition) is 1. The quantitative estimate of drug-likeness (QED) is 0.0519. The van der Waals surface area contributed by atoms with Gasteiger partial charge in [0, 0.05) is 0 Å². The summed E-state index contributed by atoms with van der Waals surface area (Å²) in [4.78, 5) is 0. The van der Waals surface area contributed by atoms with Crippen molar-refractivity contribution in [1.29, 1.82) is 0 Å². The van der Waals surface area contributed by atoms with Crippen LogP contribution in [0, 0.1) is 0 Å². The number of hydrogen-bond acceptors (Lipinski definition) is 1. The van der Waals surface area contributed by atoms with Gasteiger partial charge in [0.1, 0.15) is 5.75 Å². The van der Waals surface area contributed by atoms with Crippen molar-refractivity contribution < 1.29 is 5.11 Å². The molecule has 4 rings (SSSR count). The Balaban J connectivity index is 1.73. The molecule has 0 unspecified atom stereocenters. The van der Waals surface area contributed by atoms with Gasteiger partial charge in [-0.15, -0.1) is 0 Å². The van der Waals surface area contributed by atoms with Gasteiger partial charge in [-0.1, -0.05) is 237 Å². The summed E-state index contributed by atoms with van der Waals surface area (Å²) in [7, 11) is 0. The van der Waals surface area contributed by atoms with E-state index in [2.05, 4.69) is 141 Å². The third kappa shape index (κ3) is 15.8. The van der Waals surface area contributed by atoms with E-state index >= 15 is 0 Å². The number of phenols is 1. The number of phenolic OH excluding ortho intramolecular Hbond substituents is 1. The van der Waals surface area contributed by atoms with Gasteiger partial charge in [-0.05, 0) is 130 Å². The van der Waals surface area contributed by atoms with Crippen LogP contribution in [0.15, 0.2) is 84.9 Å². The highest BCUT2D eigenvalue weighted by molar-refractivity contribution is 5.50. The van der Waals surface area contributed by atoms with Crippen LogP contribution in [0.5, 0.6) is 5.75 Å². The van der Waals surface area contributed by atoms with E-state index in [9.17, 15) is 5.11 Å². The lowest BCUT2D eigenvalue weighted by Gasteiger charge is -2.35. The fraction of sp³-hybridized carbons (Fsp3) is 0.600. The Hall–Kier alpha value is -3.32. The van der Waals surface area contributed by atoms with Crippen LogP contribution in [0.3, 0.4) is 0 Å². The van der Waals surface area contributed by atoms with Crippen molar-refractivity contribution in [3.63, 3.8) is 0 Å². The molecule has 0 aliphatic heterocycles. The Bertz CT molecular complexity index is 1840. The van der Waals surface area contributed by atoms with Crippen molar-refractivity contribution in [2.24, 2.45) is 0 Å². The fourth-order valence-electron chi connectivity index (χ4n) is 10.4. The van der Waals surface area contributed by atoms with Crippen molar-refractivity contribution >= 4 is 0 Å². The number of aryl methyl sites for hydroxylation is 3. The van der Waals surface area contributed by atoms with E-state index in [1.165, 1.54) is 160 Å². The van der Waals surface area contributed by atoms with Gasteiger partial charge < -0.3 is 5.11 Å². The summed E-state index contributed by atoms with van der Waals surface area (Å²) in [6, 6.07) is 32.1. The zero-order valence-corrected chi connectivity index (χ0v) is 41.0. The zero-order chi connectivity index (χ0) is 44.1. The molecule has 1 N–H and O–H groups in total. The van der Waals surface area contributed by atoms with Crippen LogP contribution < -0.4 is 0 Å². The van der Waals surface area contributed by atoms with Gasteiger partial charge in [-0.25, -0.2) is 0 Å². The van der Waals surface area contributed by atoms with Crippen LogP contribution in [0.25, 0.3) is 0 Å². The molecule has 0 fully saturated rings. The van der Waals surface area contributed by atoms with E-state index < -0.39 is 0 Å². The summed E-state index contributed by atoms with van der Waals surface area (Å²) in [6.07, 6.45) is 29.7. The van der Waals surface area contributed by atoms with Gasteiger partial charge in [0.15, 0.2) is 0 Å². The first-order valence-corrected chi connectivity index (χ1v) is 25.4. The van der Waals surface area contributed by atoms with Crippen molar-refractivity contribution in [3.05, 3.63) is 135 Å². The summed E-state index contributed by atoms with van der Waals surface area (Å²) < 4.78 is 0. The molecule has 61 heavy (non-hydrogen) atoms. The largest absolute Gasteiger partial charge is 0.508 e. The third-order valence-electron chi connectivity index (χ3n) is 14.0. The normalized spacial score (nSPS) is 12.3. The first-order valence-electron chi connectivity index (χ1n) is 25.4. The first-order chi connectivity index (χ1) is 29.3. The second-order valence-electron chi connectivity index (χ2n) is 20.9. The highest BCUT2D eigenvalue weighted by Gasteiger charge is 2.33. The van der Waals surface area contributed by atoms with E-state index in [0.29, 0.717) is 5.75 Å². The van der Waals surface area contributed by atoms with Crippen molar-refractivity contribution in [2.45, 2.75) is 233 Å². The summed E-state index contributed by atoms with van der Waals surface area (Å²) in [5.74, 6) is 0.456. The first kappa shape index (κ1) is 50.3. The lowest BCUT2D eigenvalue weighted by atomic mass is 9.69. The molecule has 0 aromatic heterocycles. The molecule has 0 bridgehead atoms. The maximum absolute atomic E-state index is 12.1. The molecule has 1 heteroatoms. The fourth-order valence-corrected chi connectivity index (χ4v) is 10.4. The molecule has 0 atom stereocenters. The number of aromatic hydroxyl groups is 1. The maximum atomic E-state index is 12.1. The predicted octanol–water partition coefficient (Wildman–Crippen LogP) is 17.7. The number of unbranched alkanes of at least 4 members (excludes halogenated alkanes) is 15. The molecular formula is C60H90O. The van der Waals surface area contributed by atoms with E-state index in [1.807, 2.05) is 6.07 Å². The van der Waals surface area contributed by atoms with Gasteiger partial charge >= 0.3 is 0 Å². The molecule has 1 nitrogen and oxygen atoms in total. The second-order valence-corrected chi connectivity index (χ2v) is 20.9. The molecule has 0 spiro atoms. The number of benzene rings is 4. The molecule has 0 heterocycles. The molecule has 0 aliphatic carbocycles. The topological polar surface area (TPSA) is 20.2 Å². The second kappa shape index (κ2) is 25.7. The molecule has 4 aromatic rings. The molecule has 0 saturated heterocycles. The minimum Gasteiger partial charge on any atom is -0.508 e. The van der Waals surface area contributed by atoms with Gasteiger partial charge in [0.05, 0.1) is 0 Å². The standard InChI is InChI=1S/C60H90O/c1-10-13-16-19-22-25-34-48-37-28-31-40-54(48)58(4,5)45-51-43-44-57(61)53(47-60(8,9)56-42-33-30-39-50(56)36-27-24-21-18-15-12-3)52(51)46-59(6,7)55-41-32-29-38-49(55)35-26-23-20-17-14-11-2/h28-33,37-44,61H,10-27,34-36,45-47H2,1-9H3. The van der Waals surface area contributed by atoms with Crippen LogP contribution in [0.2, 0.25) is 0 Å². The Morgan fingerprint density at radius 1 is 0.328 bits per heavy atom. The van der Waals surface area contributed by atoms with Gasteiger partial charge in [0.25, 0.3) is 0 Å². The SMILES string of the molecule is CCCCCCCCc1ccccc1C(C)(C)Cc1ccc(O)c(CC(C)(C)c2ccccc2CCCCCCCC)c1CC(C)(C)c1ccccc1CCCCCCCC. The van der Waals surface area contributed by atoms with Crippen LogP contribution >= 0.6 is 0 Å². The van der Waals surface area contributed by atoms with Crippen LogP contribution in [0.4, 0.5) is 0 Å². The Morgan fingerprint density at radius 3 is 1.02 bits per heavy atom. The average Bonchev–Trinajstić information content (AvgIpc) is 3.24. The van der Waals surface area contributed by atoms with Crippen LogP contribution in [-0.2, 0) is 54.8 Å². The molecule has 0 radical (unpaired) electrons. The smallest absolute Gasteiger partial charge is 0.119 e. The number of rotatable bonds is 30. The monoisotopic (exact) mass is 827 g/mol. The van der Waals surface area contributed by atoms with E-state index in [-0.39, 0.29) is 16.2 Å². The molecule has 0 saturated carbocycles. The Kier molecular flexibility index (Phi) is 21.2.